The highest BCUT2D eigenvalue weighted by Gasteiger charge is 2.19. The lowest BCUT2D eigenvalue weighted by Crippen LogP contribution is -2.41. The van der Waals surface area contributed by atoms with Gasteiger partial charge in [0, 0.05) is 13.2 Å². The van der Waals surface area contributed by atoms with Crippen LogP contribution in [0.25, 0.3) is 0 Å². The summed E-state index contributed by atoms with van der Waals surface area (Å²) < 4.78 is 5.23. The first-order chi connectivity index (χ1) is 5.54. The molecule has 0 aromatic heterocycles. The summed E-state index contributed by atoms with van der Waals surface area (Å²) in [6.07, 6.45) is 5.38. The van der Waals surface area contributed by atoms with Gasteiger partial charge in [-0.05, 0) is 27.8 Å². The van der Waals surface area contributed by atoms with E-state index >= 15 is 0 Å². The van der Waals surface area contributed by atoms with Gasteiger partial charge in [-0.1, -0.05) is 5.92 Å². The van der Waals surface area contributed by atoms with Gasteiger partial charge in [-0.25, -0.2) is 0 Å². The molecule has 0 aromatic carbocycles. The van der Waals surface area contributed by atoms with Gasteiger partial charge in [-0.2, -0.15) is 0 Å². The van der Waals surface area contributed by atoms with Crippen LogP contribution in [0.4, 0.5) is 0 Å². The summed E-state index contributed by atoms with van der Waals surface area (Å²) in [6, 6.07) is 0. The van der Waals surface area contributed by atoms with Crippen molar-refractivity contribution >= 4 is 0 Å². The Kier molecular flexibility index (Phi) is 4.96. The second kappa shape index (κ2) is 5.18. The Morgan fingerprint density at radius 2 is 2.08 bits per heavy atom. The van der Waals surface area contributed by atoms with Crippen molar-refractivity contribution in [2.45, 2.75) is 26.3 Å². The number of hydrogen-bond acceptors (Lipinski definition) is 2. The van der Waals surface area contributed by atoms with Gasteiger partial charge in [0.15, 0.2) is 0 Å². The molecule has 0 aliphatic heterocycles. The SMILES string of the molecule is C#CC(C)(C)N(C)CCOCC. The molecule has 0 bridgehead atoms. The van der Waals surface area contributed by atoms with E-state index in [0.29, 0.717) is 0 Å². The molecule has 0 aliphatic carbocycles. The van der Waals surface area contributed by atoms with Gasteiger partial charge in [0.25, 0.3) is 0 Å². The molecule has 70 valence electrons. The summed E-state index contributed by atoms with van der Waals surface area (Å²) in [6.45, 7) is 8.44. The fourth-order valence-corrected chi connectivity index (χ4v) is 0.736. The van der Waals surface area contributed by atoms with Gasteiger partial charge < -0.3 is 4.74 Å². The Balaban J connectivity index is 3.73. The lowest BCUT2D eigenvalue weighted by molar-refractivity contribution is 0.0993. The molecule has 0 heterocycles. The van der Waals surface area contributed by atoms with Gasteiger partial charge in [-0.15, -0.1) is 6.42 Å². The minimum atomic E-state index is -0.170. The molecule has 0 amide bonds. The zero-order valence-electron chi connectivity index (χ0n) is 8.55. The number of hydrogen-bond donors (Lipinski definition) is 0. The fraction of sp³-hybridized carbons (Fsp3) is 0.800. The normalized spacial score (nSPS) is 11.7. The highest BCUT2D eigenvalue weighted by Crippen LogP contribution is 2.09. The van der Waals surface area contributed by atoms with E-state index in [9.17, 15) is 0 Å². The van der Waals surface area contributed by atoms with Crippen molar-refractivity contribution in [1.29, 1.82) is 0 Å². The molecule has 0 saturated heterocycles. The van der Waals surface area contributed by atoms with Crippen LogP contribution in [0.3, 0.4) is 0 Å². The Morgan fingerprint density at radius 3 is 2.50 bits per heavy atom. The summed E-state index contributed by atoms with van der Waals surface area (Å²) >= 11 is 0. The Hall–Kier alpha value is -0.520. The van der Waals surface area contributed by atoms with E-state index < -0.39 is 0 Å². The second-order valence-electron chi connectivity index (χ2n) is 3.32. The van der Waals surface area contributed by atoms with Gasteiger partial charge in [0.1, 0.15) is 0 Å². The standard InChI is InChI=1S/C10H19NO/c1-6-10(3,4)11(5)8-9-12-7-2/h1H,7-9H2,2-5H3. The van der Waals surface area contributed by atoms with E-state index in [4.69, 9.17) is 11.2 Å². The number of likely N-dealkylation sites (N-methyl/N-ethyl adjacent to an activating group) is 1. The van der Waals surface area contributed by atoms with E-state index in [1.807, 2.05) is 27.8 Å². The Labute approximate surface area is 75.9 Å². The molecule has 2 nitrogen and oxygen atoms in total. The van der Waals surface area contributed by atoms with Crippen LogP contribution in [0, 0.1) is 12.3 Å². The van der Waals surface area contributed by atoms with E-state index in [0.717, 1.165) is 19.8 Å². The lowest BCUT2D eigenvalue weighted by atomic mass is 10.1. The van der Waals surface area contributed by atoms with Crippen molar-refractivity contribution in [1.82, 2.24) is 4.90 Å². The van der Waals surface area contributed by atoms with Gasteiger partial charge in [0.2, 0.25) is 0 Å². The molecular weight excluding hydrogens is 150 g/mol. The predicted molar refractivity (Wildman–Crippen MR) is 52.0 cm³/mol. The molecule has 2 heteroatoms. The summed E-state index contributed by atoms with van der Waals surface area (Å²) in [7, 11) is 2.01. The third kappa shape index (κ3) is 3.75. The van der Waals surface area contributed by atoms with Crippen LogP contribution in [0.2, 0.25) is 0 Å². The number of terminal acetylenes is 1. The zero-order valence-corrected chi connectivity index (χ0v) is 8.55. The van der Waals surface area contributed by atoms with Crippen molar-refractivity contribution in [2.75, 3.05) is 26.8 Å². The van der Waals surface area contributed by atoms with E-state index in [1.54, 1.807) is 0 Å². The van der Waals surface area contributed by atoms with Crippen molar-refractivity contribution in [3.05, 3.63) is 0 Å². The monoisotopic (exact) mass is 169 g/mol. The van der Waals surface area contributed by atoms with Crippen molar-refractivity contribution in [3.63, 3.8) is 0 Å². The number of ether oxygens (including phenoxy) is 1. The van der Waals surface area contributed by atoms with Crippen LogP contribution >= 0.6 is 0 Å². The molecule has 0 radical (unpaired) electrons. The maximum absolute atomic E-state index is 5.38. The molecule has 0 atom stereocenters. The van der Waals surface area contributed by atoms with Crippen LogP contribution < -0.4 is 0 Å². The Morgan fingerprint density at radius 1 is 1.50 bits per heavy atom. The average Bonchev–Trinajstić information content (AvgIpc) is 2.05. The first kappa shape index (κ1) is 11.5. The molecule has 12 heavy (non-hydrogen) atoms. The van der Waals surface area contributed by atoms with E-state index in [2.05, 4.69) is 10.8 Å². The minimum absolute atomic E-state index is 0.170. The van der Waals surface area contributed by atoms with Crippen LogP contribution in [0.15, 0.2) is 0 Å². The maximum atomic E-state index is 5.38. The molecule has 0 aromatic rings. The number of nitrogens with zero attached hydrogens (tertiary/aromatic N) is 1. The topological polar surface area (TPSA) is 12.5 Å². The van der Waals surface area contributed by atoms with Crippen molar-refractivity contribution in [2.24, 2.45) is 0 Å². The Bertz CT molecular complexity index is 158. The van der Waals surface area contributed by atoms with E-state index in [1.165, 1.54) is 0 Å². The predicted octanol–water partition coefficient (Wildman–Crippen LogP) is 1.37. The average molecular weight is 169 g/mol. The third-order valence-corrected chi connectivity index (χ3v) is 2.08. The van der Waals surface area contributed by atoms with Gasteiger partial charge >= 0.3 is 0 Å². The highest BCUT2D eigenvalue weighted by molar-refractivity contribution is 5.07. The molecule has 0 unspecified atom stereocenters. The number of rotatable bonds is 5. The van der Waals surface area contributed by atoms with Crippen LogP contribution in [0.5, 0.6) is 0 Å². The molecular formula is C10H19NO. The smallest absolute Gasteiger partial charge is 0.0764 e. The molecule has 0 aliphatic rings. The third-order valence-electron chi connectivity index (χ3n) is 2.08. The second-order valence-corrected chi connectivity index (χ2v) is 3.32. The lowest BCUT2D eigenvalue weighted by Gasteiger charge is -2.30. The van der Waals surface area contributed by atoms with Crippen molar-refractivity contribution < 1.29 is 4.74 Å². The molecule has 0 fully saturated rings. The van der Waals surface area contributed by atoms with Crippen molar-refractivity contribution in [3.8, 4) is 12.3 Å². The van der Waals surface area contributed by atoms with E-state index in [-0.39, 0.29) is 5.54 Å². The van der Waals surface area contributed by atoms with Gasteiger partial charge in [-0.3, -0.25) is 4.90 Å². The van der Waals surface area contributed by atoms with Crippen LogP contribution in [0.1, 0.15) is 20.8 Å². The summed E-state index contributed by atoms with van der Waals surface area (Å²) in [5, 5.41) is 0. The first-order valence-corrected chi connectivity index (χ1v) is 4.31. The maximum Gasteiger partial charge on any atom is 0.0764 e. The largest absolute Gasteiger partial charge is 0.380 e. The summed E-state index contributed by atoms with van der Waals surface area (Å²) in [4.78, 5) is 2.11. The summed E-state index contributed by atoms with van der Waals surface area (Å²) in [5.41, 5.74) is -0.170. The van der Waals surface area contributed by atoms with Crippen LogP contribution in [-0.4, -0.2) is 37.2 Å². The quantitative estimate of drug-likeness (QED) is 0.455. The molecule has 0 N–H and O–H groups in total. The molecule has 0 rings (SSSR count). The fourth-order valence-electron chi connectivity index (χ4n) is 0.736. The molecule has 0 spiro atoms. The minimum Gasteiger partial charge on any atom is -0.380 e. The van der Waals surface area contributed by atoms with Gasteiger partial charge in [0.05, 0.1) is 12.1 Å². The first-order valence-electron chi connectivity index (χ1n) is 4.31. The molecule has 0 saturated carbocycles. The highest BCUT2D eigenvalue weighted by atomic mass is 16.5. The zero-order chi connectivity index (χ0) is 9.61. The van der Waals surface area contributed by atoms with Crippen LogP contribution in [-0.2, 0) is 4.74 Å². The summed E-state index contributed by atoms with van der Waals surface area (Å²) in [5.74, 6) is 2.74.